The maximum atomic E-state index is 12.5. The quantitative estimate of drug-likeness (QED) is 0.858. The van der Waals surface area contributed by atoms with Crippen molar-refractivity contribution in [2.45, 2.75) is 71.0 Å². The van der Waals surface area contributed by atoms with Crippen LogP contribution in [0.15, 0.2) is 30.3 Å². The van der Waals surface area contributed by atoms with E-state index in [1.165, 1.54) is 0 Å². The molecule has 0 bridgehead atoms. The number of nitrogens with one attached hydrogen (secondary N) is 1. The zero-order chi connectivity index (χ0) is 18.6. The molecule has 1 saturated carbocycles. The number of hydrogen-bond acceptors (Lipinski definition) is 2. The van der Waals surface area contributed by atoms with Gasteiger partial charge < -0.3 is 15.3 Å². The average molecular weight is 346 g/mol. The fourth-order valence-corrected chi connectivity index (χ4v) is 3.74. The molecule has 2 amide bonds. The summed E-state index contributed by atoms with van der Waals surface area (Å²) in [4.78, 5) is 25.7. The minimum Gasteiger partial charge on any atom is -0.465 e. The molecule has 1 fully saturated rings. The van der Waals surface area contributed by atoms with E-state index < -0.39 is 11.6 Å². The number of carboxylic acid groups (broad SMARTS) is 1. The van der Waals surface area contributed by atoms with E-state index in [2.05, 4.69) is 5.32 Å². The SMILES string of the molecule is C[C@@H](NC(=O)[C@H]1CC[C@H](N(C(=O)O)C(C)(C)C)CC1)c1ccccc1. The van der Waals surface area contributed by atoms with E-state index in [-0.39, 0.29) is 23.9 Å². The molecule has 1 aliphatic rings. The highest BCUT2D eigenvalue weighted by atomic mass is 16.4. The third kappa shape index (κ3) is 4.97. The molecule has 0 aromatic heterocycles. The van der Waals surface area contributed by atoms with E-state index in [9.17, 15) is 14.7 Å². The molecule has 1 aromatic carbocycles. The molecule has 1 aliphatic carbocycles. The first-order valence-corrected chi connectivity index (χ1v) is 9.07. The van der Waals surface area contributed by atoms with Crippen molar-refractivity contribution in [3.63, 3.8) is 0 Å². The third-order valence-corrected chi connectivity index (χ3v) is 5.02. The second kappa shape index (κ2) is 7.89. The number of rotatable bonds is 4. The lowest BCUT2D eigenvalue weighted by Gasteiger charge is -2.42. The highest BCUT2D eigenvalue weighted by molar-refractivity contribution is 5.79. The number of hydrogen-bond donors (Lipinski definition) is 2. The van der Waals surface area contributed by atoms with Crippen LogP contribution in [0.2, 0.25) is 0 Å². The molecule has 5 heteroatoms. The smallest absolute Gasteiger partial charge is 0.407 e. The fourth-order valence-electron chi connectivity index (χ4n) is 3.74. The minimum atomic E-state index is -0.877. The van der Waals surface area contributed by atoms with Crippen LogP contribution in [0.4, 0.5) is 4.79 Å². The monoisotopic (exact) mass is 346 g/mol. The van der Waals surface area contributed by atoms with Gasteiger partial charge in [0.2, 0.25) is 5.91 Å². The van der Waals surface area contributed by atoms with Crippen LogP contribution in [0.1, 0.15) is 65.0 Å². The number of carbonyl (C=O) groups excluding carboxylic acids is 1. The highest BCUT2D eigenvalue weighted by Crippen LogP contribution is 2.32. The van der Waals surface area contributed by atoms with Gasteiger partial charge in [0.15, 0.2) is 0 Å². The van der Waals surface area contributed by atoms with Gasteiger partial charge in [-0.15, -0.1) is 0 Å². The lowest BCUT2D eigenvalue weighted by molar-refractivity contribution is -0.127. The number of nitrogens with zero attached hydrogens (tertiary/aromatic N) is 1. The van der Waals surface area contributed by atoms with Gasteiger partial charge in [0.25, 0.3) is 0 Å². The van der Waals surface area contributed by atoms with E-state index in [4.69, 9.17) is 0 Å². The van der Waals surface area contributed by atoms with E-state index in [0.29, 0.717) is 0 Å². The van der Waals surface area contributed by atoms with Gasteiger partial charge in [-0.05, 0) is 58.9 Å². The van der Waals surface area contributed by atoms with Crippen molar-refractivity contribution in [2.24, 2.45) is 5.92 Å². The van der Waals surface area contributed by atoms with E-state index in [0.717, 1.165) is 31.2 Å². The Hall–Kier alpha value is -2.04. The summed E-state index contributed by atoms with van der Waals surface area (Å²) in [5, 5.41) is 12.6. The van der Waals surface area contributed by atoms with Crippen LogP contribution in [0, 0.1) is 5.92 Å². The zero-order valence-corrected chi connectivity index (χ0v) is 15.7. The minimum absolute atomic E-state index is 0.00639. The van der Waals surface area contributed by atoms with Crippen molar-refractivity contribution >= 4 is 12.0 Å². The molecule has 138 valence electrons. The second-order valence-electron chi connectivity index (χ2n) is 7.97. The van der Waals surface area contributed by atoms with Crippen LogP contribution in [0.5, 0.6) is 0 Å². The largest absolute Gasteiger partial charge is 0.465 e. The molecule has 5 nitrogen and oxygen atoms in total. The molecule has 0 saturated heterocycles. The average Bonchev–Trinajstić information content (AvgIpc) is 2.54. The molecule has 0 radical (unpaired) electrons. The summed E-state index contributed by atoms with van der Waals surface area (Å²) in [6, 6.07) is 9.89. The topological polar surface area (TPSA) is 69.6 Å². The van der Waals surface area contributed by atoms with Crippen molar-refractivity contribution in [1.82, 2.24) is 10.2 Å². The summed E-state index contributed by atoms with van der Waals surface area (Å²) in [6.07, 6.45) is 2.07. The Kier molecular flexibility index (Phi) is 6.09. The fraction of sp³-hybridized carbons (Fsp3) is 0.600. The van der Waals surface area contributed by atoms with Crippen LogP contribution >= 0.6 is 0 Å². The van der Waals surface area contributed by atoms with Crippen molar-refractivity contribution in [3.05, 3.63) is 35.9 Å². The van der Waals surface area contributed by atoms with Crippen LogP contribution in [-0.4, -0.2) is 33.6 Å². The molecule has 2 rings (SSSR count). The standard InChI is InChI=1S/C20H30N2O3/c1-14(15-8-6-5-7-9-15)21-18(23)16-10-12-17(13-11-16)22(19(24)25)20(2,3)4/h5-9,14,16-17H,10-13H2,1-4H3,(H,21,23)(H,24,25)/t14-,16-,17-/m1/s1. The first-order valence-electron chi connectivity index (χ1n) is 9.07. The summed E-state index contributed by atoms with van der Waals surface area (Å²) < 4.78 is 0. The maximum Gasteiger partial charge on any atom is 0.407 e. The lowest BCUT2D eigenvalue weighted by Crippen LogP contribution is -2.52. The van der Waals surface area contributed by atoms with Crippen LogP contribution < -0.4 is 5.32 Å². The predicted molar refractivity (Wildman–Crippen MR) is 98.4 cm³/mol. The van der Waals surface area contributed by atoms with Gasteiger partial charge in [-0.2, -0.15) is 0 Å². The Labute approximate surface area is 150 Å². The van der Waals surface area contributed by atoms with Gasteiger partial charge in [0, 0.05) is 17.5 Å². The molecule has 0 aliphatic heterocycles. The van der Waals surface area contributed by atoms with Gasteiger partial charge in [0.05, 0.1) is 6.04 Å². The first kappa shape index (κ1) is 19.3. The van der Waals surface area contributed by atoms with Gasteiger partial charge in [-0.25, -0.2) is 4.79 Å². The van der Waals surface area contributed by atoms with Crippen LogP contribution in [0.3, 0.4) is 0 Å². The molecular formula is C20H30N2O3. The van der Waals surface area contributed by atoms with Gasteiger partial charge in [-0.3, -0.25) is 4.79 Å². The predicted octanol–water partition coefficient (Wildman–Crippen LogP) is 4.20. The third-order valence-electron chi connectivity index (χ3n) is 5.02. The normalized spacial score (nSPS) is 22.1. The molecule has 1 atom stereocenters. The Balaban J connectivity index is 1.91. The summed E-state index contributed by atoms with van der Waals surface area (Å²) in [6.45, 7) is 7.75. The number of amides is 2. The molecule has 0 unspecified atom stereocenters. The van der Waals surface area contributed by atoms with Crippen LogP contribution in [-0.2, 0) is 4.79 Å². The van der Waals surface area contributed by atoms with E-state index >= 15 is 0 Å². The maximum absolute atomic E-state index is 12.5. The Morgan fingerprint density at radius 1 is 1.12 bits per heavy atom. The Bertz CT molecular complexity index is 587. The lowest BCUT2D eigenvalue weighted by atomic mass is 9.83. The number of carbonyl (C=O) groups is 2. The summed E-state index contributed by atoms with van der Waals surface area (Å²) >= 11 is 0. The van der Waals surface area contributed by atoms with Gasteiger partial charge >= 0.3 is 6.09 Å². The number of benzene rings is 1. The summed E-state index contributed by atoms with van der Waals surface area (Å²) in [7, 11) is 0. The Morgan fingerprint density at radius 2 is 1.68 bits per heavy atom. The van der Waals surface area contributed by atoms with Crippen molar-refractivity contribution in [2.75, 3.05) is 0 Å². The Morgan fingerprint density at radius 3 is 2.16 bits per heavy atom. The van der Waals surface area contributed by atoms with Gasteiger partial charge in [-0.1, -0.05) is 30.3 Å². The highest BCUT2D eigenvalue weighted by Gasteiger charge is 2.37. The molecule has 2 N–H and O–H groups in total. The molecule has 0 heterocycles. The van der Waals surface area contributed by atoms with Gasteiger partial charge in [0.1, 0.15) is 0 Å². The van der Waals surface area contributed by atoms with Crippen molar-refractivity contribution in [1.29, 1.82) is 0 Å². The molecule has 1 aromatic rings. The van der Waals surface area contributed by atoms with Crippen LogP contribution in [0.25, 0.3) is 0 Å². The summed E-state index contributed by atoms with van der Waals surface area (Å²) in [5.74, 6) is 0.0467. The second-order valence-corrected chi connectivity index (χ2v) is 7.97. The summed E-state index contributed by atoms with van der Waals surface area (Å²) in [5.41, 5.74) is 0.669. The van der Waals surface area contributed by atoms with Crippen molar-refractivity contribution < 1.29 is 14.7 Å². The van der Waals surface area contributed by atoms with E-state index in [1.54, 1.807) is 4.90 Å². The molecular weight excluding hydrogens is 316 g/mol. The van der Waals surface area contributed by atoms with E-state index in [1.807, 2.05) is 58.0 Å². The molecule has 25 heavy (non-hydrogen) atoms. The van der Waals surface area contributed by atoms with Crippen molar-refractivity contribution in [3.8, 4) is 0 Å². The first-order chi connectivity index (χ1) is 11.7. The molecule has 0 spiro atoms. The zero-order valence-electron chi connectivity index (χ0n) is 15.7.